The zero-order valence-corrected chi connectivity index (χ0v) is 20.4. The van der Waals surface area contributed by atoms with E-state index in [2.05, 4.69) is 10.3 Å². The van der Waals surface area contributed by atoms with Crippen LogP contribution < -0.4 is 16.8 Å². The Bertz CT molecular complexity index is 1160. The van der Waals surface area contributed by atoms with Gasteiger partial charge in [0.05, 0.1) is 12.1 Å². The number of carboxylic acids is 1. The number of aryl methyl sites for hydroxylation is 1. The highest BCUT2D eigenvalue weighted by Crippen LogP contribution is 2.26. The molecule has 37 heavy (non-hydrogen) atoms. The van der Waals surface area contributed by atoms with Crippen molar-refractivity contribution in [2.24, 2.45) is 11.5 Å². The molecule has 0 fully saturated rings. The van der Waals surface area contributed by atoms with Gasteiger partial charge in [0.2, 0.25) is 11.8 Å². The Morgan fingerprint density at radius 2 is 1.78 bits per heavy atom. The molecule has 0 radical (unpaired) electrons. The van der Waals surface area contributed by atoms with E-state index in [9.17, 15) is 23.1 Å². The Kier molecular flexibility index (Phi) is 11.3. The fraction of sp³-hybridized carbons (Fsp3) is 0.375. The molecule has 0 aliphatic rings. The number of hydrogen-bond donors (Lipinski definition) is 5. The largest absolute Gasteiger partial charge is 0.490 e. The van der Waals surface area contributed by atoms with Crippen LogP contribution >= 0.6 is 11.6 Å². The average molecular weight is 545 g/mol. The van der Waals surface area contributed by atoms with E-state index in [-0.39, 0.29) is 11.8 Å². The van der Waals surface area contributed by atoms with Gasteiger partial charge in [-0.05, 0) is 56.0 Å². The van der Waals surface area contributed by atoms with Crippen molar-refractivity contribution >= 4 is 34.6 Å². The summed E-state index contributed by atoms with van der Waals surface area (Å²) in [5, 5.41) is 21.5. The molecule has 3 atom stereocenters. The lowest BCUT2D eigenvalue weighted by Gasteiger charge is -2.24. The molecule has 3 aromatic rings. The van der Waals surface area contributed by atoms with E-state index >= 15 is 0 Å². The number of aromatic nitrogens is 1. The molecule has 13 heteroatoms. The number of amides is 1. The fourth-order valence-corrected chi connectivity index (χ4v) is 3.42. The van der Waals surface area contributed by atoms with Crippen LogP contribution in [0.1, 0.15) is 36.8 Å². The minimum Gasteiger partial charge on any atom is -0.475 e. The zero-order valence-electron chi connectivity index (χ0n) is 19.6. The summed E-state index contributed by atoms with van der Waals surface area (Å²) >= 11 is 6.01. The number of nitrogens with two attached hydrogens (primary N) is 2. The number of fused-ring (bicyclic) bond motifs is 1. The summed E-state index contributed by atoms with van der Waals surface area (Å²) in [6.45, 7) is 0.465. The molecule has 1 amide bonds. The molecule has 0 bridgehead atoms. The van der Waals surface area contributed by atoms with Crippen molar-refractivity contribution in [2.45, 2.75) is 50.0 Å². The van der Waals surface area contributed by atoms with Crippen molar-refractivity contribution in [2.75, 3.05) is 6.54 Å². The van der Waals surface area contributed by atoms with Gasteiger partial charge in [-0.25, -0.2) is 9.78 Å². The number of carbonyl (C=O) groups is 2. The monoisotopic (exact) mass is 544 g/mol. The highest BCUT2D eigenvalue weighted by atomic mass is 35.5. The Morgan fingerprint density at radius 1 is 1.14 bits per heavy atom. The van der Waals surface area contributed by atoms with Gasteiger partial charge in [-0.2, -0.15) is 13.2 Å². The van der Waals surface area contributed by atoms with Gasteiger partial charge in [-0.1, -0.05) is 41.9 Å². The van der Waals surface area contributed by atoms with Crippen molar-refractivity contribution in [1.29, 1.82) is 0 Å². The lowest BCUT2D eigenvalue weighted by Crippen LogP contribution is -2.48. The van der Waals surface area contributed by atoms with Gasteiger partial charge in [0.1, 0.15) is 5.52 Å². The normalized spacial score (nSPS) is 13.8. The van der Waals surface area contributed by atoms with Gasteiger partial charge in [0.15, 0.2) is 11.7 Å². The van der Waals surface area contributed by atoms with E-state index in [1.807, 2.05) is 30.3 Å². The van der Waals surface area contributed by atoms with Crippen LogP contribution in [0.5, 0.6) is 0 Å². The van der Waals surface area contributed by atoms with Crippen LogP contribution in [0.15, 0.2) is 52.9 Å². The SMILES string of the molecule is NCCC[C@@H](N)C(=O)N[C@H](CCc1ccccc1)C(O)c1nc2cc(Cl)ccc2o1.O=C(O)C(F)(F)F. The van der Waals surface area contributed by atoms with Gasteiger partial charge < -0.3 is 31.4 Å². The molecule has 1 heterocycles. The lowest BCUT2D eigenvalue weighted by atomic mass is 10.00. The quantitative estimate of drug-likeness (QED) is 0.259. The molecule has 9 nitrogen and oxygen atoms in total. The molecule has 1 aromatic heterocycles. The number of hydrogen-bond acceptors (Lipinski definition) is 7. The first-order valence-electron chi connectivity index (χ1n) is 11.3. The summed E-state index contributed by atoms with van der Waals surface area (Å²) in [5.74, 6) is -2.96. The molecule has 202 valence electrons. The maximum absolute atomic E-state index is 12.6. The van der Waals surface area contributed by atoms with Gasteiger partial charge in [-0.3, -0.25) is 4.79 Å². The molecular weight excluding hydrogens is 517 g/mol. The molecule has 0 aliphatic carbocycles. The summed E-state index contributed by atoms with van der Waals surface area (Å²) in [7, 11) is 0. The fourth-order valence-electron chi connectivity index (χ4n) is 3.25. The number of alkyl halides is 3. The summed E-state index contributed by atoms with van der Waals surface area (Å²) in [5.41, 5.74) is 13.6. The molecule has 7 N–H and O–H groups in total. The Balaban J connectivity index is 0.000000604. The predicted molar refractivity (Wildman–Crippen MR) is 131 cm³/mol. The minimum absolute atomic E-state index is 0.126. The number of halogens is 4. The molecule has 0 spiro atoms. The molecule has 1 unspecified atom stereocenters. The van der Waals surface area contributed by atoms with E-state index in [1.54, 1.807) is 18.2 Å². The van der Waals surface area contributed by atoms with Crippen LogP contribution in [0, 0.1) is 0 Å². The second-order valence-electron chi connectivity index (χ2n) is 8.09. The van der Waals surface area contributed by atoms with Gasteiger partial charge in [-0.15, -0.1) is 0 Å². The Morgan fingerprint density at radius 3 is 2.38 bits per heavy atom. The van der Waals surface area contributed by atoms with Crippen LogP contribution in [-0.2, 0) is 16.0 Å². The lowest BCUT2D eigenvalue weighted by molar-refractivity contribution is -0.192. The van der Waals surface area contributed by atoms with E-state index in [0.29, 0.717) is 48.4 Å². The smallest absolute Gasteiger partial charge is 0.475 e. The second kappa shape index (κ2) is 13.9. The summed E-state index contributed by atoms with van der Waals surface area (Å²) in [6, 6.07) is 13.6. The van der Waals surface area contributed by atoms with Crippen LogP contribution in [0.4, 0.5) is 13.2 Å². The highest BCUT2D eigenvalue weighted by molar-refractivity contribution is 6.31. The Hall–Kier alpha value is -3.19. The first-order chi connectivity index (χ1) is 17.4. The number of rotatable bonds is 10. The van der Waals surface area contributed by atoms with Gasteiger partial charge >= 0.3 is 12.1 Å². The summed E-state index contributed by atoms with van der Waals surface area (Å²) < 4.78 is 37.4. The number of aliphatic hydroxyl groups is 1. The first-order valence-corrected chi connectivity index (χ1v) is 11.6. The number of aliphatic carboxylic acids is 1. The van der Waals surface area contributed by atoms with Crippen LogP contribution in [-0.4, -0.2) is 51.9 Å². The maximum Gasteiger partial charge on any atom is 0.490 e. The van der Waals surface area contributed by atoms with E-state index in [0.717, 1.165) is 5.56 Å². The van der Waals surface area contributed by atoms with Crippen LogP contribution in [0.25, 0.3) is 11.1 Å². The van der Waals surface area contributed by atoms with E-state index in [4.69, 9.17) is 37.4 Å². The Labute approximate surface area is 215 Å². The standard InChI is InChI=1S/C22H27ClN4O3.C2HF3O2/c23-15-9-11-19-18(13-15)27-22(30-19)20(28)17(10-8-14-5-2-1-3-6-14)26-21(29)16(25)7-4-12-24;3-2(4,5)1(6)7/h1-3,5-6,9,11,13,16-17,20,28H,4,7-8,10,12,24-25H2,(H,26,29);(H,6,7)/t16-,17-,20?;/m1./s1. The maximum atomic E-state index is 12.6. The summed E-state index contributed by atoms with van der Waals surface area (Å²) in [6.07, 6.45) is -3.94. The molecule has 2 aromatic carbocycles. The van der Waals surface area contributed by atoms with Crippen molar-refractivity contribution in [3.8, 4) is 0 Å². The zero-order chi connectivity index (χ0) is 27.6. The van der Waals surface area contributed by atoms with Crippen molar-refractivity contribution in [3.05, 3.63) is 65.0 Å². The number of carbonyl (C=O) groups excluding carboxylic acids is 1. The predicted octanol–water partition coefficient (Wildman–Crippen LogP) is 3.33. The third-order valence-corrected chi connectivity index (χ3v) is 5.45. The number of benzene rings is 2. The number of oxazole rings is 1. The van der Waals surface area contributed by atoms with Crippen LogP contribution in [0.2, 0.25) is 5.02 Å². The first kappa shape index (κ1) is 30.0. The molecular formula is C24H28ClF3N4O5. The van der Waals surface area contributed by atoms with Crippen molar-refractivity contribution < 1.29 is 37.4 Å². The van der Waals surface area contributed by atoms with E-state index < -0.39 is 30.3 Å². The number of aliphatic hydroxyl groups excluding tert-OH is 1. The second-order valence-corrected chi connectivity index (χ2v) is 8.53. The van der Waals surface area contributed by atoms with Crippen molar-refractivity contribution in [3.63, 3.8) is 0 Å². The van der Waals surface area contributed by atoms with Gasteiger partial charge in [0.25, 0.3) is 0 Å². The molecule has 0 saturated heterocycles. The average Bonchev–Trinajstić information content (AvgIpc) is 3.28. The molecule has 0 aliphatic heterocycles. The minimum atomic E-state index is -5.08. The number of nitrogens with one attached hydrogen (secondary N) is 1. The topological polar surface area (TPSA) is 165 Å². The third-order valence-electron chi connectivity index (χ3n) is 5.21. The van der Waals surface area contributed by atoms with Gasteiger partial charge in [0, 0.05) is 5.02 Å². The third kappa shape index (κ3) is 9.65. The number of carboxylic acid groups (broad SMARTS) is 1. The van der Waals surface area contributed by atoms with E-state index in [1.165, 1.54) is 0 Å². The summed E-state index contributed by atoms with van der Waals surface area (Å²) in [4.78, 5) is 25.8. The van der Waals surface area contributed by atoms with Crippen molar-refractivity contribution in [1.82, 2.24) is 10.3 Å². The highest BCUT2D eigenvalue weighted by Gasteiger charge is 2.38. The number of nitrogens with zero attached hydrogens (tertiary/aromatic N) is 1. The molecule has 3 rings (SSSR count). The van der Waals surface area contributed by atoms with Crippen LogP contribution in [0.3, 0.4) is 0 Å². The molecule has 0 saturated carbocycles.